The summed E-state index contributed by atoms with van der Waals surface area (Å²) in [7, 11) is 0. The topological polar surface area (TPSA) is 66.4 Å². The van der Waals surface area contributed by atoms with Gasteiger partial charge in [-0.15, -0.1) is 11.3 Å². The summed E-state index contributed by atoms with van der Waals surface area (Å²) in [6.07, 6.45) is 5.27. The molecule has 21 heavy (non-hydrogen) atoms. The summed E-state index contributed by atoms with van der Waals surface area (Å²) in [6.45, 7) is 4.24. The number of fused-ring (bicyclic) bond motifs is 1. The third-order valence-corrected chi connectivity index (χ3v) is 5.15. The van der Waals surface area contributed by atoms with Gasteiger partial charge in [-0.05, 0) is 37.2 Å². The van der Waals surface area contributed by atoms with Crippen molar-refractivity contribution in [2.24, 2.45) is 5.92 Å². The van der Waals surface area contributed by atoms with Gasteiger partial charge >= 0.3 is 5.97 Å². The van der Waals surface area contributed by atoms with Gasteiger partial charge in [0.05, 0.1) is 5.56 Å². The molecule has 4 nitrogen and oxygen atoms in total. The number of unbranched alkanes of at least 4 members (excludes halogenated alkanes) is 1. The van der Waals surface area contributed by atoms with Crippen molar-refractivity contribution >= 4 is 23.2 Å². The first-order valence-corrected chi connectivity index (χ1v) is 8.53. The van der Waals surface area contributed by atoms with E-state index in [1.54, 1.807) is 11.3 Å². The minimum atomic E-state index is -0.950. The Balaban J connectivity index is 2.08. The van der Waals surface area contributed by atoms with Crippen LogP contribution in [0.4, 0.5) is 0 Å². The highest BCUT2D eigenvalue weighted by molar-refractivity contribution is 7.10. The molecule has 0 saturated heterocycles. The predicted molar refractivity (Wildman–Crippen MR) is 83.9 cm³/mol. The highest BCUT2D eigenvalue weighted by Crippen LogP contribution is 2.32. The highest BCUT2D eigenvalue weighted by atomic mass is 32.1. The van der Waals surface area contributed by atoms with E-state index in [0.29, 0.717) is 17.9 Å². The second-order valence-electron chi connectivity index (χ2n) is 5.91. The van der Waals surface area contributed by atoms with Crippen molar-refractivity contribution in [3.8, 4) is 0 Å². The summed E-state index contributed by atoms with van der Waals surface area (Å²) in [5.41, 5.74) is 1.82. The average Bonchev–Trinajstić information content (AvgIpc) is 2.85. The van der Waals surface area contributed by atoms with E-state index in [1.165, 1.54) is 4.88 Å². The van der Waals surface area contributed by atoms with Gasteiger partial charge in [-0.1, -0.05) is 26.7 Å². The van der Waals surface area contributed by atoms with Crippen LogP contribution in [0.25, 0.3) is 0 Å². The third-order valence-electron chi connectivity index (χ3n) is 4.10. The standard InChI is InChI=1S/C16H23NO3S/c1-3-4-5-13(16(19)20)17-15(18)12-9-21-14-8-10(2)6-7-11(12)14/h9-10,13H,3-8H2,1-2H3,(H,17,18)(H,19,20). The quantitative estimate of drug-likeness (QED) is 0.847. The number of amides is 1. The van der Waals surface area contributed by atoms with E-state index in [4.69, 9.17) is 0 Å². The molecule has 5 heteroatoms. The zero-order valence-electron chi connectivity index (χ0n) is 12.6. The largest absolute Gasteiger partial charge is 0.480 e. The first kappa shape index (κ1) is 16.0. The van der Waals surface area contributed by atoms with Crippen molar-refractivity contribution < 1.29 is 14.7 Å². The molecule has 1 amide bonds. The molecule has 1 aliphatic carbocycles. The molecule has 2 rings (SSSR count). The molecular weight excluding hydrogens is 286 g/mol. The predicted octanol–water partition coefficient (Wildman–Crippen LogP) is 3.25. The second kappa shape index (κ2) is 7.07. The molecule has 0 fully saturated rings. The molecule has 0 aromatic carbocycles. The molecule has 2 N–H and O–H groups in total. The Morgan fingerprint density at radius 3 is 2.95 bits per heavy atom. The molecule has 1 heterocycles. The number of rotatable bonds is 6. The summed E-state index contributed by atoms with van der Waals surface area (Å²) >= 11 is 1.63. The van der Waals surface area contributed by atoms with Gasteiger partial charge < -0.3 is 10.4 Å². The molecule has 0 radical (unpaired) electrons. The van der Waals surface area contributed by atoms with Crippen LogP contribution in [0.3, 0.4) is 0 Å². The molecule has 1 aliphatic rings. The van der Waals surface area contributed by atoms with Gasteiger partial charge in [-0.25, -0.2) is 4.79 Å². The number of hydrogen-bond donors (Lipinski definition) is 2. The van der Waals surface area contributed by atoms with Crippen LogP contribution < -0.4 is 5.32 Å². The Morgan fingerprint density at radius 1 is 1.52 bits per heavy atom. The fourth-order valence-corrected chi connectivity index (χ4v) is 4.01. The molecule has 2 unspecified atom stereocenters. The lowest BCUT2D eigenvalue weighted by Crippen LogP contribution is -2.41. The first-order chi connectivity index (χ1) is 10.0. The number of nitrogens with one attached hydrogen (secondary N) is 1. The van der Waals surface area contributed by atoms with Gasteiger partial charge in [0.2, 0.25) is 0 Å². The highest BCUT2D eigenvalue weighted by Gasteiger charge is 2.26. The fraction of sp³-hybridized carbons (Fsp3) is 0.625. The van der Waals surface area contributed by atoms with E-state index >= 15 is 0 Å². The summed E-state index contributed by atoms with van der Waals surface area (Å²) in [4.78, 5) is 24.9. The summed E-state index contributed by atoms with van der Waals surface area (Å²) < 4.78 is 0. The van der Waals surface area contributed by atoms with Crippen molar-refractivity contribution in [3.05, 3.63) is 21.4 Å². The molecule has 116 valence electrons. The van der Waals surface area contributed by atoms with E-state index in [-0.39, 0.29) is 5.91 Å². The number of carboxylic acids is 1. The minimum absolute atomic E-state index is 0.231. The number of hydrogen-bond acceptors (Lipinski definition) is 3. The van der Waals surface area contributed by atoms with Crippen LogP contribution in [-0.2, 0) is 17.6 Å². The molecule has 0 bridgehead atoms. The number of carboxylic acid groups (broad SMARTS) is 1. The monoisotopic (exact) mass is 309 g/mol. The summed E-state index contributed by atoms with van der Waals surface area (Å²) in [5, 5.41) is 13.8. The van der Waals surface area contributed by atoms with E-state index < -0.39 is 12.0 Å². The number of aliphatic carboxylic acids is 1. The maximum atomic E-state index is 12.4. The zero-order chi connectivity index (χ0) is 15.4. The Morgan fingerprint density at radius 2 is 2.29 bits per heavy atom. The Labute approximate surface area is 129 Å². The van der Waals surface area contributed by atoms with E-state index in [1.807, 2.05) is 12.3 Å². The van der Waals surface area contributed by atoms with Crippen LogP contribution in [0, 0.1) is 5.92 Å². The second-order valence-corrected chi connectivity index (χ2v) is 6.87. The van der Waals surface area contributed by atoms with Gasteiger partial charge in [0, 0.05) is 10.3 Å². The lowest BCUT2D eigenvalue weighted by Gasteiger charge is -2.19. The number of carbonyl (C=O) groups excluding carboxylic acids is 1. The molecule has 0 spiro atoms. The molecule has 2 atom stereocenters. The van der Waals surface area contributed by atoms with Crippen LogP contribution in [0.1, 0.15) is 60.3 Å². The zero-order valence-corrected chi connectivity index (χ0v) is 13.5. The summed E-state index contributed by atoms with van der Waals surface area (Å²) in [6, 6.07) is -0.782. The van der Waals surface area contributed by atoms with Crippen LogP contribution in [0.15, 0.2) is 5.38 Å². The van der Waals surface area contributed by atoms with Crippen molar-refractivity contribution in [1.29, 1.82) is 0 Å². The average molecular weight is 309 g/mol. The van der Waals surface area contributed by atoms with Gasteiger partial charge in [-0.2, -0.15) is 0 Å². The van der Waals surface area contributed by atoms with Crippen LogP contribution in [0.5, 0.6) is 0 Å². The molecule has 0 saturated carbocycles. The van der Waals surface area contributed by atoms with Crippen molar-refractivity contribution in [3.63, 3.8) is 0 Å². The third kappa shape index (κ3) is 3.84. The normalized spacial score (nSPS) is 18.9. The first-order valence-electron chi connectivity index (χ1n) is 7.65. The van der Waals surface area contributed by atoms with Gasteiger partial charge in [0.1, 0.15) is 6.04 Å². The van der Waals surface area contributed by atoms with Gasteiger partial charge in [0.25, 0.3) is 5.91 Å². The maximum absolute atomic E-state index is 12.4. The maximum Gasteiger partial charge on any atom is 0.326 e. The van der Waals surface area contributed by atoms with Crippen molar-refractivity contribution in [1.82, 2.24) is 5.32 Å². The Bertz CT molecular complexity index is 524. The molecule has 1 aromatic heterocycles. The SMILES string of the molecule is CCCCC(NC(=O)c1csc2c1CCC(C)C2)C(=O)O. The van der Waals surface area contributed by atoms with Crippen LogP contribution in [-0.4, -0.2) is 23.0 Å². The summed E-state index contributed by atoms with van der Waals surface area (Å²) in [5.74, 6) is -0.511. The van der Waals surface area contributed by atoms with Gasteiger partial charge in [0.15, 0.2) is 0 Å². The van der Waals surface area contributed by atoms with E-state index in [2.05, 4.69) is 12.2 Å². The van der Waals surface area contributed by atoms with Crippen molar-refractivity contribution in [2.75, 3.05) is 0 Å². The number of thiophene rings is 1. The van der Waals surface area contributed by atoms with Gasteiger partial charge in [-0.3, -0.25) is 4.79 Å². The van der Waals surface area contributed by atoms with Crippen LogP contribution in [0.2, 0.25) is 0 Å². The lowest BCUT2D eigenvalue weighted by molar-refractivity contribution is -0.139. The van der Waals surface area contributed by atoms with Crippen molar-refractivity contribution in [2.45, 2.75) is 58.4 Å². The molecule has 1 aromatic rings. The van der Waals surface area contributed by atoms with E-state index in [9.17, 15) is 14.7 Å². The lowest BCUT2D eigenvalue weighted by atomic mass is 9.88. The molecule has 0 aliphatic heterocycles. The molecular formula is C16H23NO3S. The Kier molecular flexibility index (Phi) is 5.39. The minimum Gasteiger partial charge on any atom is -0.480 e. The van der Waals surface area contributed by atoms with E-state index in [0.717, 1.165) is 37.7 Å². The number of carbonyl (C=O) groups is 2. The Hall–Kier alpha value is -1.36. The fourth-order valence-electron chi connectivity index (χ4n) is 2.77. The smallest absolute Gasteiger partial charge is 0.326 e. The van der Waals surface area contributed by atoms with Crippen LogP contribution >= 0.6 is 11.3 Å².